The van der Waals surface area contributed by atoms with E-state index in [1.807, 2.05) is 13.8 Å². The van der Waals surface area contributed by atoms with E-state index < -0.39 is 0 Å². The zero-order valence-electron chi connectivity index (χ0n) is 8.00. The Kier molecular flexibility index (Phi) is 5.46. The van der Waals surface area contributed by atoms with Crippen molar-refractivity contribution in [2.75, 3.05) is 27.2 Å². The van der Waals surface area contributed by atoms with Crippen molar-refractivity contribution in [3.63, 3.8) is 0 Å². The van der Waals surface area contributed by atoms with Gasteiger partial charge in [0.2, 0.25) is 0 Å². The highest BCUT2D eigenvalue weighted by molar-refractivity contribution is 4.85. The average molecular weight is 160 g/mol. The van der Waals surface area contributed by atoms with E-state index in [2.05, 4.69) is 11.9 Å². The summed E-state index contributed by atoms with van der Waals surface area (Å²) in [6.45, 7) is 5.93. The van der Waals surface area contributed by atoms with E-state index in [1.165, 1.54) is 0 Å². The Morgan fingerprint density at radius 2 is 1.91 bits per heavy atom. The molecule has 3 heteroatoms. The fourth-order valence-electron chi connectivity index (χ4n) is 1.24. The van der Waals surface area contributed by atoms with Crippen molar-refractivity contribution >= 4 is 0 Å². The lowest BCUT2D eigenvalue weighted by molar-refractivity contribution is 0.100. The molecule has 0 aromatic heterocycles. The molecule has 2 N–H and O–H groups in total. The molecule has 2 unspecified atom stereocenters. The third kappa shape index (κ3) is 3.18. The molecule has 0 aromatic rings. The van der Waals surface area contributed by atoms with Gasteiger partial charge in [0.15, 0.2) is 0 Å². The van der Waals surface area contributed by atoms with Crippen LogP contribution in [-0.4, -0.2) is 44.3 Å². The zero-order valence-corrected chi connectivity index (χ0v) is 8.00. The highest BCUT2D eigenvalue weighted by Crippen LogP contribution is 2.07. The second kappa shape index (κ2) is 5.52. The Morgan fingerprint density at radius 3 is 2.09 bits per heavy atom. The van der Waals surface area contributed by atoms with Gasteiger partial charge in [0.05, 0.1) is 6.10 Å². The van der Waals surface area contributed by atoms with Crippen molar-refractivity contribution < 1.29 is 4.74 Å². The van der Waals surface area contributed by atoms with Gasteiger partial charge in [0, 0.05) is 26.2 Å². The molecule has 0 saturated carbocycles. The minimum atomic E-state index is 0.208. The van der Waals surface area contributed by atoms with Gasteiger partial charge in [0.1, 0.15) is 0 Å². The molecule has 11 heavy (non-hydrogen) atoms. The van der Waals surface area contributed by atoms with Crippen LogP contribution in [0.1, 0.15) is 13.8 Å². The topological polar surface area (TPSA) is 38.5 Å². The molecule has 2 atom stereocenters. The predicted octanol–water partition coefficient (Wildman–Crippen LogP) is 0.300. The molecule has 1 heterocycles. The maximum absolute atomic E-state index is 5.71. The van der Waals surface area contributed by atoms with Gasteiger partial charge >= 0.3 is 0 Å². The molecule has 1 saturated heterocycles. The number of methoxy groups -OCH3 is 1. The van der Waals surface area contributed by atoms with Crippen LogP contribution in [-0.2, 0) is 4.74 Å². The first-order valence-electron chi connectivity index (χ1n) is 4.21. The van der Waals surface area contributed by atoms with Gasteiger partial charge in [-0.25, -0.2) is 0 Å². The number of hydrogen-bond acceptors (Lipinski definition) is 3. The van der Waals surface area contributed by atoms with Gasteiger partial charge in [-0.3, -0.25) is 0 Å². The number of likely N-dealkylation sites (N-methyl/N-ethyl adjacent to an activating group) is 1. The van der Waals surface area contributed by atoms with Crippen molar-refractivity contribution in [3.05, 3.63) is 0 Å². The molecule has 3 nitrogen and oxygen atoms in total. The van der Waals surface area contributed by atoms with Crippen molar-refractivity contribution in [3.8, 4) is 0 Å². The normalized spacial score (nSPS) is 31.4. The highest BCUT2D eigenvalue weighted by Gasteiger charge is 2.26. The maximum Gasteiger partial charge on any atom is 0.0861 e. The number of hydrogen-bond donors (Lipinski definition) is 1. The zero-order chi connectivity index (χ0) is 8.85. The summed E-state index contributed by atoms with van der Waals surface area (Å²) in [7, 11) is 3.77. The minimum Gasteiger partial charge on any atom is -0.378 e. The molecule has 1 aliphatic heterocycles. The van der Waals surface area contributed by atoms with E-state index in [9.17, 15) is 0 Å². The summed E-state index contributed by atoms with van der Waals surface area (Å²) in [5.41, 5.74) is 5.71. The van der Waals surface area contributed by atoms with Gasteiger partial charge in [-0.2, -0.15) is 0 Å². The summed E-state index contributed by atoms with van der Waals surface area (Å²) in [6.07, 6.45) is 0.245. The quantitative estimate of drug-likeness (QED) is 0.599. The molecule has 68 valence electrons. The first-order valence-corrected chi connectivity index (χ1v) is 4.21. The monoisotopic (exact) mass is 160 g/mol. The summed E-state index contributed by atoms with van der Waals surface area (Å²) in [6, 6.07) is 0.208. The molecule has 0 radical (unpaired) electrons. The SMILES string of the molecule is CC.COC1CN(C)CC1N. The fraction of sp³-hybridized carbons (Fsp3) is 1.00. The van der Waals surface area contributed by atoms with Crippen LogP contribution in [0.4, 0.5) is 0 Å². The molecule has 0 aromatic carbocycles. The number of nitrogens with two attached hydrogens (primary N) is 1. The highest BCUT2D eigenvalue weighted by atomic mass is 16.5. The predicted molar refractivity (Wildman–Crippen MR) is 47.6 cm³/mol. The molecule has 0 bridgehead atoms. The van der Waals surface area contributed by atoms with Gasteiger partial charge in [0.25, 0.3) is 0 Å². The smallest absolute Gasteiger partial charge is 0.0861 e. The number of rotatable bonds is 1. The Bertz CT molecular complexity index is 98.1. The van der Waals surface area contributed by atoms with Gasteiger partial charge in [-0.15, -0.1) is 0 Å². The molecule has 1 rings (SSSR count). The summed E-state index contributed by atoms with van der Waals surface area (Å²) < 4.78 is 5.13. The Hall–Kier alpha value is -0.120. The molecule has 0 spiro atoms. The van der Waals surface area contributed by atoms with Gasteiger partial charge in [-0.05, 0) is 7.05 Å². The van der Waals surface area contributed by atoms with E-state index in [4.69, 9.17) is 10.5 Å². The average Bonchev–Trinajstić information content (AvgIpc) is 2.33. The molecular weight excluding hydrogens is 140 g/mol. The number of likely N-dealkylation sites (tertiary alicyclic amines) is 1. The summed E-state index contributed by atoms with van der Waals surface area (Å²) in [5.74, 6) is 0. The number of nitrogens with zero attached hydrogens (tertiary/aromatic N) is 1. The summed E-state index contributed by atoms with van der Waals surface area (Å²) >= 11 is 0. The second-order valence-electron chi connectivity index (χ2n) is 2.66. The van der Waals surface area contributed by atoms with E-state index in [-0.39, 0.29) is 12.1 Å². The van der Waals surface area contributed by atoms with Gasteiger partial charge in [-0.1, -0.05) is 13.8 Å². The third-order valence-electron chi connectivity index (χ3n) is 1.79. The standard InChI is InChI=1S/C6H14N2O.C2H6/c1-8-3-5(7)6(4-8)9-2;1-2/h5-6H,3-4,7H2,1-2H3;1-2H3. The Morgan fingerprint density at radius 1 is 1.36 bits per heavy atom. The van der Waals surface area contributed by atoms with Crippen LogP contribution >= 0.6 is 0 Å². The van der Waals surface area contributed by atoms with Crippen LogP contribution in [0.15, 0.2) is 0 Å². The van der Waals surface area contributed by atoms with E-state index in [0.29, 0.717) is 0 Å². The molecular formula is C8H20N2O. The summed E-state index contributed by atoms with van der Waals surface area (Å²) in [4.78, 5) is 2.18. The lowest BCUT2D eigenvalue weighted by Gasteiger charge is -2.10. The van der Waals surface area contributed by atoms with Crippen LogP contribution in [0, 0.1) is 0 Å². The second-order valence-corrected chi connectivity index (χ2v) is 2.66. The Balaban J connectivity index is 0.000000461. The van der Waals surface area contributed by atoms with E-state index >= 15 is 0 Å². The minimum absolute atomic E-state index is 0.208. The molecule has 1 fully saturated rings. The van der Waals surface area contributed by atoms with Gasteiger partial charge < -0.3 is 15.4 Å². The third-order valence-corrected chi connectivity index (χ3v) is 1.79. The molecule has 0 amide bonds. The van der Waals surface area contributed by atoms with Crippen LogP contribution in [0.25, 0.3) is 0 Å². The van der Waals surface area contributed by atoms with E-state index in [0.717, 1.165) is 13.1 Å². The largest absolute Gasteiger partial charge is 0.378 e. The summed E-state index contributed by atoms with van der Waals surface area (Å²) in [5, 5.41) is 0. The van der Waals surface area contributed by atoms with Crippen LogP contribution < -0.4 is 5.73 Å². The fourth-order valence-corrected chi connectivity index (χ4v) is 1.24. The lowest BCUT2D eigenvalue weighted by Crippen LogP contribution is -2.34. The molecule has 1 aliphatic rings. The number of ether oxygens (including phenoxy) is 1. The molecule has 0 aliphatic carbocycles. The van der Waals surface area contributed by atoms with Crippen molar-refractivity contribution in [1.82, 2.24) is 4.90 Å². The lowest BCUT2D eigenvalue weighted by atomic mass is 10.2. The Labute approximate surface area is 69.5 Å². The van der Waals surface area contributed by atoms with Crippen molar-refractivity contribution in [2.45, 2.75) is 26.0 Å². The first-order chi connectivity index (χ1) is 5.24. The van der Waals surface area contributed by atoms with Crippen molar-refractivity contribution in [2.24, 2.45) is 5.73 Å². The van der Waals surface area contributed by atoms with Crippen LogP contribution in [0.3, 0.4) is 0 Å². The van der Waals surface area contributed by atoms with Crippen LogP contribution in [0.5, 0.6) is 0 Å². The van der Waals surface area contributed by atoms with Crippen LogP contribution in [0.2, 0.25) is 0 Å². The first kappa shape index (κ1) is 10.9. The maximum atomic E-state index is 5.71. The van der Waals surface area contributed by atoms with E-state index in [1.54, 1.807) is 7.11 Å². The van der Waals surface area contributed by atoms with Crippen molar-refractivity contribution in [1.29, 1.82) is 0 Å².